The lowest BCUT2D eigenvalue weighted by atomic mass is 9.92. The molecule has 0 aliphatic carbocycles. The molecule has 0 radical (unpaired) electrons. The van der Waals surface area contributed by atoms with Crippen molar-refractivity contribution in [3.05, 3.63) is 94.8 Å². The maximum absolute atomic E-state index is 13.4. The van der Waals surface area contributed by atoms with Gasteiger partial charge < -0.3 is 19.5 Å². The molecule has 0 bridgehead atoms. The second-order valence-corrected chi connectivity index (χ2v) is 8.87. The molecule has 186 valence electrons. The van der Waals surface area contributed by atoms with Gasteiger partial charge in [0.05, 0.1) is 25.3 Å². The zero-order valence-electron chi connectivity index (χ0n) is 20.9. The summed E-state index contributed by atoms with van der Waals surface area (Å²) in [4.78, 5) is 32.3. The summed E-state index contributed by atoms with van der Waals surface area (Å²) < 4.78 is 11.3. The molecule has 2 aromatic carbocycles. The summed E-state index contributed by atoms with van der Waals surface area (Å²) in [5.41, 5.74) is 2.75. The van der Waals surface area contributed by atoms with Gasteiger partial charge in [0.25, 0.3) is 11.7 Å². The van der Waals surface area contributed by atoms with Gasteiger partial charge in [-0.1, -0.05) is 38.1 Å². The summed E-state index contributed by atoms with van der Waals surface area (Å²) in [5.74, 6) is -0.304. The van der Waals surface area contributed by atoms with Crippen molar-refractivity contribution in [1.82, 2.24) is 9.88 Å². The van der Waals surface area contributed by atoms with Gasteiger partial charge in [-0.05, 0) is 54.3 Å². The summed E-state index contributed by atoms with van der Waals surface area (Å²) in [7, 11) is 1.54. The number of aliphatic hydroxyl groups excluding tert-OH is 1. The van der Waals surface area contributed by atoms with Crippen LogP contribution in [0, 0.1) is 0 Å². The SMILES string of the molecule is CCOc1ccc(/C(O)=C2\C(=O)C(=O)N(Cc3cccnc3)C2c2ccccc2OC)cc1C(C)C. The van der Waals surface area contributed by atoms with Gasteiger partial charge in [0.15, 0.2) is 0 Å². The fraction of sp³-hybridized carbons (Fsp3) is 0.276. The molecule has 1 fully saturated rings. The number of hydrogen-bond acceptors (Lipinski definition) is 6. The maximum Gasteiger partial charge on any atom is 0.295 e. The van der Waals surface area contributed by atoms with Crippen molar-refractivity contribution >= 4 is 17.4 Å². The number of Topliss-reactive ketones (excluding diaryl/α,β-unsaturated/α-hetero) is 1. The van der Waals surface area contributed by atoms with E-state index in [-0.39, 0.29) is 23.8 Å². The first-order chi connectivity index (χ1) is 17.4. The Kier molecular flexibility index (Phi) is 7.38. The van der Waals surface area contributed by atoms with E-state index in [1.54, 1.807) is 42.7 Å². The lowest BCUT2D eigenvalue weighted by Gasteiger charge is -2.26. The van der Waals surface area contributed by atoms with E-state index in [4.69, 9.17) is 9.47 Å². The average Bonchev–Trinajstić information content (AvgIpc) is 3.13. The second kappa shape index (κ2) is 10.6. The Morgan fingerprint density at radius 1 is 1.08 bits per heavy atom. The van der Waals surface area contributed by atoms with Crippen molar-refractivity contribution in [1.29, 1.82) is 0 Å². The number of benzene rings is 2. The summed E-state index contributed by atoms with van der Waals surface area (Å²) in [6, 6.07) is 15.3. The molecule has 7 nitrogen and oxygen atoms in total. The van der Waals surface area contributed by atoms with Crippen LogP contribution in [0.2, 0.25) is 0 Å². The van der Waals surface area contributed by atoms with Crippen LogP contribution in [0.25, 0.3) is 5.76 Å². The summed E-state index contributed by atoms with van der Waals surface area (Å²) >= 11 is 0. The molecular formula is C29H30N2O5. The normalized spacial score (nSPS) is 17.0. The predicted octanol–water partition coefficient (Wildman–Crippen LogP) is 5.23. The Hall–Kier alpha value is -4.13. The van der Waals surface area contributed by atoms with E-state index in [0.29, 0.717) is 23.5 Å². The molecular weight excluding hydrogens is 456 g/mol. The largest absolute Gasteiger partial charge is 0.507 e. The lowest BCUT2D eigenvalue weighted by Crippen LogP contribution is -2.29. The molecule has 2 heterocycles. The van der Waals surface area contributed by atoms with Gasteiger partial charge in [0.2, 0.25) is 0 Å². The van der Waals surface area contributed by atoms with Crippen LogP contribution in [0.3, 0.4) is 0 Å². The minimum Gasteiger partial charge on any atom is -0.507 e. The van der Waals surface area contributed by atoms with E-state index in [1.165, 1.54) is 12.0 Å². The highest BCUT2D eigenvalue weighted by Crippen LogP contribution is 2.43. The second-order valence-electron chi connectivity index (χ2n) is 8.87. The summed E-state index contributed by atoms with van der Waals surface area (Å²) in [6.45, 7) is 6.64. The van der Waals surface area contributed by atoms with Crippen LogP contribution in [-0.4, -0.2) is 40.4 Å². The standard InChI is InChI=1S/C29H30N2O5/c1-5-36-24-13-12-20(15-22(24)18(2)3)27(32)25-26(21-10-6-7-11-23(21)35-4)31(29(34)28(25)33)17-19-9-8-14-30-16-19/h6-16,18,26,32H,5,17H2,1-4H3/b27-25+. The number of aliphatic hydroxyl groups is 1. The van der Waals surface area contributed by atoms with Crippen molar-refractivity contribution in [2.24, 2.45) is 0 Å². The number of aromatic nitrogens is 1. The van der Waals surface area contributed by atoms with E-state index in [2.05, 4.69) is 4.98 Å². The van der Waals surface area contributed by atoms with Gasteiger partial charge in [0.1, 0.15) is 17.3 Å². The van der Waals surface area contributed by atoms with Crippen molar-refractivity contribution in [3.8, 4) is 11.5 Å². The van der Waals surface area contributed by atoms with Crippen molar-refractivity contribution in [2.45, 2.75) is 39.3 Å². The molecule has 1 amide bonds. The monoisotopic (exact) mass is 486 g/mol. The van der Waals surface area contributed by atoms with Crippen LogP contribution in [0.5, 0.6) is 11.5 Å². The van der Waals surface area contributed by atoms with Crippen molar-refractivity contribution < 1.29 is 24.2 Å². The molecule has 36 heavy (non-hydrogen) atoms. The molecule has 1 unspecified atom stereocenters. The predicted molar refractivity (Wildman–Crippen MR) is 137 cm³/mol. The van der Waals surface area contributed by atoms with E-state index in [1.807, 2.05) is 45.0 Å². The van der Waals surface area contributed by atoms with E-state index in [0.717, 1.165) is 16.9 Å². The Labute approximate surface area is 211 Å². The van der Waals surface area contributed by atoms with Gasteiger partial charge in [-0.3, -0.25) is 14.6 Å². The number of carbonyl (C=O) groups excluding carboxylic acids is 2. The molecule has 1 saturated heterocycles. The van der Waals surface area contributed by atoms with Gasteiger partial charge in [-0.15, -0.1) is 0 Å². The number of likely N-dealkylation sites (tertiary alicyclic amines) is 1. The molecule has 1 atom stereocenters. The Morgan fingerprint density at radius 2 is 1.86 bits per heavy atom. The van der Waals surface area contributed by atoms with Gasteiger partial charge in [-0.2, -0.15) is 0 Å². The highest BCUT2D eigenvalue weighted by atomic mass is 16.5. The number of nitrogens with zero attached hydrogens (tertiary/aromatic N) is 2. The third-order valence-corrected chi connectivity index (χ3v) is 6.25. The third-order valence-electron chi connectivity index (χ3n) is 6.25. The molecule has 0 saturated carbocycles. The number of para-hydroxylation sites is 1. The molecule has 1 aliphatic rings. The zero-order chi connectivity index (χ0) is 25.8. The Morgan fingerprint density at radius 3 is 2.53 bits per heavy atom. The van der Waals surface area contributed by atoms with Crippen molar-refractivity contribution in [2.75, 3.05) is 13.7 Å². The number of carbonyl (C=O) groups is 2. The molecule has 0 spiro atoms. The van der Waals surface area contributed by atoms with E-state index < -0.39 is 17.7 Å². The number of ketones is 1. The fourth-order valence-electron chi connectivity index (χ4n) is 4.54. The molecule has 3 aromatic rings. The molecule has 4 rings (SSSR count). The topological polar surface area (TPSA) is 89.0 Å². The smallest absolute Gasteiger partial charge is 0.295 e. The van der Waals surface area contributed by atoms with Gasteiger partial charge in [0, 0.05) is 30.1 Å². The maximum atomic E-state index is 13.4. The summed E-state index contributed by atoms with van der Waals surface area (Å²) in [5, 5.41) is 11.5. The first kappa shape index (κ1) is 25.0. The number of pyridine rings is 1. The van der Waals surface area contributed by atoms with Crippen LogP contribution in [-0.2, 0) is 16.1 Å². The number of rotatable bonds is 8. The van der Waals surface area contributed by atoms with E-state index in [9.17, 15) is 14.7 Å². The number of amides is 1. The van der Waals surface area contributed by atoms with E-state index >= 15 is 0 Å². The number of hydrogen-bond donors (Lipinski definition) is 1. The fourth-order valence-corrected chi connectivity index (χ4v) is 4.54. The zero-order valence-corrected chi connectivity index (χ0v) is 20.9. The minimum absolute atomic E-state index is 0.0206. The van der Waals surface area contributed by atoms with Gasteiger partial charge in [-0.25, -0.2) is 0 Å². The van der Waals surface area contributed by atoms with Gasteiger partial charge >= 0.3 is 0 Å². The van der Waals surface area contributed by atoms with Crippen LogP contribution in [0.4, 0.5) is 0 Å². The van der Waals surface area contributed by atoms with Crippen LogP contribution < -0.4 is 9.47 Å². The highest BCUT2D eigenvalue weighted by molar-refractivity contribution is 6.46. The lowest BCUT2D eigenvalue weighted by molar-refractivity contribution is -0.140. The molecule has 7 heteroatoms. The first-order valence-corrected chi connectivity index (χ1v) is 11.9. The molecule has 1 aromatic heterocycles. The minimum atomic E-state index is -0.838. The Bertz CT molecular complexity index is 1300. The van der Waals surface area contributed by atoms with Crippen LogP contribution in [0.1, 0.15) is 55.0 Å². The third kappa shape index (κ3) is 4.69. The number of methoxy groups -OCH3 is 1. The first-order valence-electron chi connectivity index (χ1n) is 11.9. The molecule has 1 aliphatic heterocycles. The molecule has 1 N–H and O–H groups in total. The Balaban J connectivity index is 1.90. The number of ether oxygens (including phenoxy) is 2. The quantitative estimate of drug-likeness (QED) is 0.266. The van der Waals surface area contributed by atoms with Crippen LogP contribution in [0.15, 0.2) is 72.6 Å². The highest BCUT2D eigenvalue weighted by Gasteiger charge is 2.47. The van der Waals surface area contributed by atoms with Crippen LogP contribution >= 0.6 is 0 Å². The van der Waals surface area contributed by atoms with Crippen molar-refractivity contribution in [3.63, 3.8) is 0 Å². The average molecular weight is 487 g/mol. The summed E-state index contributed by atoms with van der Waals surface area (Å²) in [6.07, 6.45) is 3.30.